The van der Waals surface area contributed by atoms with Crippen molar-refractivity contribution < 1.29 is 19.1 Å². The number of benzene rings is 4. The molecular formula is C33H32N2O4. The number of nitrogens with zero attached hydrogens (tertiary/aromatic N) is 1. The summed E-state index contributed by atoms with van der Waals surface area (Å²) in [6.07, 6.45) is 2.37. The van der Waals surface area contributed by atoms with E-state index in [0.717, 1.165) is 17.2 Å². The van der Waals surface area contributed by atoms with E-state index >= 15 is 0 Å². The number of hydrogen-bond acceptors (Lipinski definition) is 5. The third-order valence-corrected chi connectivity index (χ3v) is 7.12. The quantitative estimate of drug-likeness (QED) is 0.129. The van der Waals surface area contributed by atoms with Crippen LogP contribution in [0.3, 0.4) is 0 Å². The standard InChI is InChI=1S/C33H32N2O4/c1-33(2,3)24-15-13-23(14-16-24)27-19-28(27)31(36)35-34-20-21-12-17-29(30(18-21)38-4)39-32(37)26-11-7-9-22-8-5-6-10-25(22)26/h5-18,20,27-28H,19H2,1-4H3,(H,35,36)/b34-20+/t27-,28-/m0/s1. The Morgan fingerprint density at radius 1 is 0.923 bits per heavy atom. The summed E-state index contributed by atoms with van der Waals surface area (Å²) in [7, 11) is 1.51. The first kappa shape index (κ1) is 26.2. The number of methoxy groups -OCH3 is 1. The van der Waals surface area contributed by atoms with Crippen molar-refractivity contribution in [2.24, 2.45) is 11.0 Å². The van der Waals surface area contributed by atoms with Crippen LogP contribution in [0.1, 0.15) is 60.2 Å². The number of hydrogen-bond donors (Lipinski definition) is 1. The molecule has 1 aliphatic rings. The molecule has 5 rings (SSSR count). The van der Waals surface area contributed by atoms with Crippen LogP contribution in [-0.4, -0.2) is 25.2 Å². The number of fused-ring (bicyclic) bond motifs is 1. The van der Waals surface area contributed by atoms with Crippen LogP contribution in [0.2, 0.25) is 0 Å². The largest absolute Gasteiger partial charge is 0.493 e. The number of carbonyl (C=O) groups is 2. The second-order valence-corrected chi connectivity index (χ2v) is 10.9. The maximum absolute atomic E-state index is 12.9. The molecule has 0 radical (unpaired) electrons. The van der Waals surface area contributed by atoms with Gasteiger partial charge < -0.3 is 9.47 Å². The molecule has 0 bridgehead atoms. The summed E-state index contributed by atoms with van der Waals surface area (Å²) in [5.41, 5.74) is 6.40. The molecule has 6 heteroatoms. The first-order valence-corrected chi connectivity index (χ1v) is 13.1. The van der Waals surface area contributed by atoms with Crippen LogP contribution in [0.4, 0.5) is 0 Å². The first-order valence-electron chi connectivity index (χ1n) is 13.1. The van der Waals surface area contributed by atoms with E-state index in [0.29, 0.717) is 22.6 Å². The lowest BCUT2D eigenvalue weighted by Gasteiger charge is -2.19. The zero-order valence-electron chi connectivity index (χ0n) is 22.6. The molecular weight excluding hydrogens is 488 g/mol. The summed E-state index contributed by atoms with van der Waals surface area (Å²) in [4.78, 5) is 25.6. The third kappa shape index (κ3) is 5.85. The molecule has 1 saturated carbocycles. The van der Waals surface area contributed by atoms with Crippen LogP contribution in [0.15, 0.2) is 90.0 Å². The van der Waals surface area contributed by atoms with Gasteiger partial charge in [-0.2, -0.15) is 5.10 Å². The van der Waals surface area contributed by atoms with Gasteiger partial charge in [0.25, 0.3) is 0 Å². The Bertz CT molecular complexity index is 1550. The van der Waals surface area contributed by atoms with Crippen molar-refractivity contribution in [3.05, 3.63) is 107 Å². The fourth-order valence-corrected chi connectivity index (χ4v) is 4.74. The lowest BCUT2D eigenvalue weighted by Crippen LogP contribution is -2.20. The number of esters is 1. The summed E-state index contributed by atoms with van der Waals surface area (Å²) in [5, 5.41) is 5.92. The van der Waals surface area contributed by atoms with Crippen molar-refractivity contribution in [3.8, 4) is 11.5 Å². The average molecular weight is 521 g/mol. The molecule has 0 spiro atoms. The van der Waals surface area contributed by atoms with Crippen molar-refractivity contribution in [3.63, 3.8) is 0 Å². The van der Waals surface area contributed by atoms with Crippen LogP contribution in [-0.2, 0) is 10.2 Å². The topological polar surface area (TPSA) is 77.0 Å². The normalized spacial score (nSPS) is 16.7. The molecule has 1 aliphatic carbocycles. The second-order valence-electron chi connectivity index (χ2n) is 10.9. The maximum Gasteiger partial charge on any atom is 0.344 e. The number of carbonyl (C=O) groups excluding carboxylic acids is 2. The Morgan fingerprint density at radius 2 is 1.67 bits per heavy atom. The van der Waals surface area contributed by atoms with Gasteiger partial charge in [-0.15, -0.1) is 0 Å². The average Bonchev–Trinajstić information content (AvgIpc) is 3.74. The van der Waals surface area contributed by atoms with Gasteiger partial charge in [-0.3, -0.25) is 4.79 Å². The van der Waals surface area contributed by atoms with Gasteiger partial charge in [0.1, 0.15) is 0 Å². The minimum atomic E-state index is -0.467. The van der Waals surface area contributed by atoms with E-state index < -0.39 is 5.97 Å². The molecule has 1 amide bonds. The number of nitrogens with one attached hydrogen (secondary N) is 1. The molecule has 0 aromatic heterocycles. The molecule has 1 fully saturated rings. The van der Waals surface area contributed by atoms with Crippen molar-refractivity contribution >= 4 is 28.9 Å². The molecule has 6 nitrogen and oxygen atoms in total. The van der Waals surface area contributed by atoms with Crippen molar-refractivity contribution in [2.75, 3.05) is 7.11 Å². The summed E-state index contributed by atoms with van der Waals surface area (Å²) >= 11 is 0. The minimum absolute atomic E-state index is 0.0759. The van der Waals surface area contributed by atoms with Gasteiger partial charge in [0, 0.05) is 5.92 Å². The van der Waals surface area contributed by atoms with E-state index in [1.54, 1.807) is 30.5 Å². The Kier molecular flexibility index (Phi) is 7.20. The molecule has 0 saturated heterocycles. The highest BCUT2D eigenvalue weighted by molar-refractivity contribution is 6.05. The summed E-state index contributed by atoms with van der Waals surface area (Å²) in [5.74, 6) is 0.280. The number of amides is 1. The molecule has 2 atom stereocenters. The fraction of sp³-hybridized carbons (Fsp3) is 0.242. The van der Waals surface area contributed by atoms with Gasteiger partial charge in [-0.25, -0.2) is 10.2 Å². The molecule has 4 aromatic rings. The van der Waals surface area contributed by atoms with Crippen LogP contribution in [0, 0.1) is 5.92 Å². The smallest absolute Gasteiger partial charge is 0.344 e. The number of rotatable bonds is 7. The minimum Gasteiger partial charge on any atom is -0.493 e. The molecule has 0 heterocycles. The SMILES string of the molecule is COc1cc(/C=N/NC(=O)[C@H]2C[C@H]2c2ccc(C(C)(C)C)cc2)ccc1OC(=O)c1cccc2ccccc12. The third-order valence-electron chi connectivity index (χ3n) is 7.12. The highest BCUT2D eigenvalue weighted by atomic mass is 16.6. The van der Waals surface area contributed by atoms with E-state index in [-0.39, 0.29) is 23.2 Å². The number of hydrazone groups is 1. The van der Waals surface area contributed by atoms with E-state index in [2.05, 4.69) is 55.6 Å². The van der Waals surface area contributed by atoms with Crippen LogP contribution in [0.25, 0.3) is 10.8 Å². The highest BCUT2D eigenvalue weighted by Gasteiger charge is 2.44. The van der Waals surface area contributed by atoms with E-state index in [1.165, 1.54) is 18.2 Å². The van der Waals surface area contributed by atoms with Gasteiger partial charge in [0.15, 0.2) is 11.5 Å². The van der Waals surface area contributed by atoms with Crippen molar-refractivity contribution in [1.29, 1.82) is 0 Å². The Balaban J connectivity index is 1.20. The Labute approximate surface area is 228 Å². The van der Waals surface area contributed by atoms with Gasteiger partial charge in [0.2, 0.25) is 5.91 Å². The van der Waals surface area contributed by atoms with Gasteiger partial charge >= 0.3 is 5.97 Å². The van der Waals surface area contributed by atoms with Crippen molar-refractivity contribution in [2.45, 2.75) is 38.5 Å². The lowest BCUT2D eigenvalue weighted by atomic mass is 9.86. The molecule has 0 unspecified atom stereocenters. The fourth-order valence-electron chi connectivity index (χ4n) is 4.74. The summed E-state index contributed by atoms with van der Waals surface area (Å²) in [6.45, 7) is 6.57. The van der Waals surface area contributed by atoms with E-state index in [9.17, 15) is 9.59 Å². The van der Waals surface area contributed by atoms with Crippen LogP contribution >= 0.6 is 0 Å². The van der Waals surface area contributed by atoms with Crippen LogP contribution in [0.5, 0.6) is 11.5 Å². The molecule has 4 aromatic carbocycles. The number of ether oxygens (including phenoxy) is 2. The molecule has 1 N–H and O–H groups in total. The molecule has 0 aliphatic heterocycles. The van der Waals surface area contributed by atoms with Gasteiger partial charge in [0.05, 0.1) is 18.9 Å². The highest BCUT2D eigenvalue weighted by Crippen LogP contribution is 2.47. The zero-order valence-corrected chi connectivity index (χ0v) is 22.6. The van der Waals surface area contributed by atoms with Crippen molar-refractivity contribution in [1.82, 2.24) is 5.43 Å². The first-order chi connectivity index (χ1) is 18.7. The zero-order chi connectivity index (χ0) is 27.6. The summed E-state index contributed by atoms with van der Waals surface area (Å²) in [6, 6.07) is 26.9. The Morgan fingerprint density at radius 3 is 2.41 bits per heavy atom. The predicted molar refractivity (Wildman–Crippen MR) is 154 cm³/mol. The monoisotopic (exact) mass is 520 g/mol. The molecule has 198 valence electrons. The lowest BCUT2D eigenvalue weighted by molar-refractivity contribution is -0.122. The van der Waals surface area contributed by atoms with E-state index in [4.69, 9.17) is 9.47 Å². The Hall–Kier alpha value is -4.45. The molecule has 39 heavy (non-hydrogen) atoms. The maximum atomic E-state index is 12.9. The van der Waals surface area contributed by atoms with Crippen LogP contribution < -0.4 is 14.9 Å². The predicted octanol–water partition coefficient (Wildman–Crippen LogP) is 6.62. The summed E-state index contributed by atoms with van der Waals surface area (Å²) < 4.78 is 11.1. The van der Waals surface area contributed by atoms with E-state index in [1.807, 2.05) is 36.4 Å². The van der Waals surface area contributed by atoms with Gasteiger partial charge in [-0.1, -0.05) is 81.4 Å². The second kappa shape index (κ2) is 10.7. The van der Waals surface area contributed by atoms with Gasteiger partial charge in [-0.05, 0) is 69.5 Å².